The highest BCUT2D eigenvalue weighted by Crippen LogP contribution is 2.46. The molecule has 0 unspecified atom stereocenters. The Morgan fingerprint density at radius 3 is 2.62 bits per heavy atom. The number of nitrogens with two attached hydrogens (primary N) is 2. The van der Waals surface area contributed by atoms with Gasteiger partial charge >= 0.3 is 6.01 Å². The molecule has 0 spiro atoms. The molecule has 11 nitrogen and oxygen atoms in total. The number of hydrogen-bond donors (Lipinski definition) is 2. The summed E-state index contributed by atoms with van der Waals surface area (Å²) in [7, 11) is 5.57. The Kier molecular flexibility index (Phi) is 8.04. The molecule has 5 aromatic rings. The van der Waals surface area contributed by atoms with Crippen molar-refractivity contribution in [2.45, 2.75) is 25.1 Å². The molecular weight excluding hydrogens is 624 g/mol. The Labute approximate surface area is 266 Å². The minimum absolute atomic E-state index is 0.00276. The number of nitriles is 1. The van der Waals surface area contributed by atoms with Crippen LogP contribution in [0.4, 0.5) is 25.4 Å². The lowest BCUT2D eigenvalue weighted by Gasteiger charge is -2.28. The first-order valence-corrected chi connectivity index (χ1v) is 15.0. The lowest BCUT2D eigenvalue weighted by atomic mass is 9.97. The second-order valence-electron chi connectivity index (χ2n) is 10.9. The summed E-state index contributed by atoms with van der Waals surface area (Å²) in [6.07, 6.45) is 2.59. The second-order valence-corrected chi connectivity index (χ2v) is 12.3. The minimum Gasteiger partial charge on any atom is -0.456 e. The molecule has 2 aromatic carbocycles. The number of fused-ring (bicyclic) bond motifs is 2. The van der Waals surface area contributed by atoms with Crippen molar-refractivity contribution in [1.29, 1.82) is 5.26 Å². The van der Waals surface area contributed by atoms with Crippen LogP contribution in [0.15, 0.2) is 30.6 Å². The van der Waals surface area contributed by atoms with Gasteiger partial charge in [0, 0.05) is 35.8 Å². The van der Waals surface area contributed by atoms with Crippen LogP contribution in [0.2, 0.25) is 5.02 Å². The zero-order valence-electron chi connectivity index (χ0n) is 24.7. The molecule has 0 amide bonds. The zero-order valence-corrected chi connectivity index (χ0v) is 26.2. The van der Waals surface area contributed by atoms with Crippen LogP contribution < -0.4 is 21.1 Å². The molecule has 45 heavy (non-hydrogen) atoms. The van der Waals surface area contributed by atoms with E-state index in [1.165, 1.54) is 30.6 Å². The number of nitrogens with zero attached hydrogens (tertiary/aromatic N) is 7. The van der Waals surface area contributed by atoms with Crippen molar-refractivity contribution in [1.82, 2.24) is 24.8 Å². The predicted molar refractivity (Wildman–Crippen MR) is 170 cm³/mol. The van der Waals surface area contributed by atoms with Crippen molar-refractivity contribution in [3.8, 4) is 23.2 Å². The highest BCUT2D eigenvalue weighted by atomic mass is 35.5. The largest absolute Gasteiger partial charge is 0.456 e. The van der Waals surface area contributed by atoms with Crippen LogP contribution in [0, 0.1) is 23.0 Å². The smallest absolute Gasteiger partial charge is 0.319 e. The Balaban J connectivity index is 1.59. The molecule has 4 heterocycles. The summed E-state index contributed by atoms with van der Waals surface area (Å²) in [5.74, 6) is -0.863. The van der Waals surface area contributed by atoms with Gasteiger partial charge in [0.15, 0.2) is 5.82 Å². The fourth-order valence-corrected chi connectivity index (χ4v) is 6.78. The highest BCUT2D eigenvalue weighted by Gasteiger charge is 2.34. The summed E-state index contributed by atoms with van der Waals surface area (Å²) in [5, 5.41) is 10.4. The lowest BCUT2D eigenvalue weighted by Crippen LogP contribution is -2.41. The van der Waals surface area contributed by atoms with Gasteiger partial charge in [-0.05, 0) is 38.7 Å². The third-order valence-electron chi connectivity index (χ3n) is 8.03. The number of rotatable bonds is 7. The van der Waals surface area contributed by atoms with Crippen LogP contribution in [0.5, 0.6) is 6.01 Å². The van der Waals surface area contributed by atoms with Crippen LogP contribution in [-0.4, -0.2) is 71.3 Å². The summed E-state index contributed by atoms with van der Waals surface area (Å²) in [6, 6.07) is 5.49. The molecule has 3 atom stereocenters. The number of aromatic nitrogens is 4. The van der Waals surface area contributed by atoms with Gasteiger partial charge in [-0.15, -0.1) is 11.3 Å². The third-order valence-corrected chi connectivity index (χ3v) is 9.35. The molecule has 6 rings (SSSR count). The van der Waals surface area contributed by atoms with Crippen LogP contribution >= 0.6 is 22.9 Å². The first kappa shape index (κ1) is 30.6. The van der Waals surface area contributed by atoms with E-state index in [1.807, 2.05) is 32.0 Å². The average molecular weight is 652 g/mol. The number of anilines is 3. The number of likely N-dealkylation sites (N-methyl/N-ethyl adjacent to an activating group) is 1. The summed E-state index contributed by atoms with van der Waals surface area (Å²) in [4.78, 5) is 21.5. The number of halogens is 3. The molecule has 1 aliphatic rings. The number of ether oxygens (including phenoxy) is 2. The Hall–Kier alpha value is -4.42. The molecule has 3 aromatic heterocycles. The average Bonchev–Trinajstić information content (AvgIpc) is 3.62. The van der Waals surface area contributed by atoms with Crippen molar-refractivity contribution < 1.29 is 18.3 Å². The van der Waals surface area contributed by atoms with Crippen molar-refractivity contribution in [2.75, 3.05) is 50.7 Å². The second kappa shape index (κ2) is 11.8. The molecule has 0 radical (unpaired) electrons. The summed E-state index contributed by atoms with van der Waals surface area (Å²) in [5.41, 5.74) is 12.7. The molecule has 0 bridgehead atoms. The first-order chi connectivity index (χ1) is 21.5. The topological polar surface area (TPSA) is 152 Å². The van der Waals surface area contributed by atoms with E-state index in [-0.39, 0.29) is 65.6 Å². The van der Waals surface area contributed by atoms with Crippen molar-refractivity contribution >= 4 is 60.6 Å². The van der Waals surface area contributed by atoms with Crippen LogP contribution in [0.1, 0.15) is 24.2 Å². The van der Waals surface area contributed by atoms with Gasteiger partial charge in [0.2, 0.25) is 0 Å². The normalized spacial score (nSPS) is 17.2. The zero-order chi connectivity index (χ0) is 32.2. The Bertz CT molecular complexity index is 2000. The number of hydrogen-bond acceptors (Lipinski definition) is 12. The van der Waals surface area contributed by atoms with E-state index in [0.29, 0.717) is 24.7 Å². The van der Waals surface area contributed by atoms with Crippen molar-refractivity contribution in [2.24, 2.45) is 0 Å². The van der Waals surface area contributed by atoms with E-state index in [1.54, 1.807) is 11.9 Å². The summed E-state index contributed by atoms with van der Waals surface area (Å²) in [6.45, 7) is 2.59. The maximum absolute atomic E-state index is 16.9. The SMILES string of the molecule is C[C@H](c1nccnc1N)N(C)c1nc(O[C@@H]2COC[C@@H]2N(C)C)nc2c(F)c(-c3ccc(F)c4sc(N)c(C#N)c34)c(Cl)cc12. The minimum atomic E-state index is -0.806. The Morgan fingerprint density at radius 2 is 1.91 bits per heavy atom. The van der Waals surface area contributed by atoms with Crippen LogP contribution in [0.3, 0.4) is 0 Å². The molecule has 1 saturated heterocycles. The third kappa shape index (κ3) is 5.21. The summed E-state index contributed by atoms with van der Waals surface area (Å²) < 4.78 is 43.7. The highest BCUT2D eigenvalue weighted by molar-refractivity contribution is 7.23. The monoisotopic (exact) mass is 651 g/mol. The maximum Gasteiger partial charge on any atom is 0.319 e. The molecule has 0 aliphatic carbocycles. The van der Waals surface area contributed by atoms with Crippen molar-refractivity contribution in [3.63, 3.8) is 0 Å². The first-order valence-electron chi connectivity index (χ1n) is 13.8. The maximum atomic E-state index is 16.9. The molecule has 0 saturated carbocycles. The standard InChI is InChI=1S/C30H28ClF2N9O2S/c1-13(24-27(35)38-8-7-37-24)42(4)29-15-9-17(31)22(14-5-6-18(32)26-21(14)16(10-34)28(36)45-26)23(33)25(15)39-30(40-29)44-20-12-43-11-19(20)41(2)3/h5-9,13,19-20H,11-12,36H2,1-4H3,(H2,35,38)/t13-,19+,20-/m1/s1. The van der Waals surface area contributed by atoms with Crippen LogP contribution in [0.25, 0.3) is 32.1 Å². The molecule has 232 valence electrons. The van der Waals surface area contributed by atoms with E-state index < -0.39 is 23.8 Å². The molecule has 15 heteroatoms. The van der Waals surface area contributed by atoms with Gasteiger partial charge in [-0.2, -0.15) is 15.2 Å². The van der Waals surface area contributed by atoms with Gasteiger partial charge in [0.25, 0.3) is 0 Å². The van der Waals surface area contributed by atoms with E-state index in [9.17, 15) is 9.65 Å². The van der Waals surface area contributed by atoms with Gasteiger partial charge in [0.1, 0.15) is 45.8 Å². The van der Waals surface area contributed by atoms with Gasteiger partial charge in [-0.1, -0.05) is 17.7 Å². The molecular formula is C30H28ClF2N9O2S. The lowest BCUT2D eigenvalue weighted by molar-refractivity contribution is 0.117. The fourth-order valence-electron chi connectivity index (χ4n) is 5.54. The van der Waals surface area contributed by atoms with Crippen LogP contribution in [-0.2, 0) is 4.74 Å². The fraction of sp³-hybridized carbons (Fsp3) is 0.300. The molecule has 4 N–H and O–H groups in total. The van der Waals surface area contributed by atoms with Gasteiger partial charge in [-0.3, -0.25) is 4.98 Å². The van der Waals surface area contributed by atoms with Crippen molar-refractivity contribution in [3.05, 3.63) is 58.5 Å². The predicted octanol–water partition coefficient (Wildman–Crippen LogP) is 5.17. The molecule has 1 aliphatic heterocycles. The number of benzene rings is 2. The van der Waals surface area contributed by atoms with E-state index >= 15 is 4.39 Å². The quantitative estimate of drug-likeness (QED) is 0.240. The Morgan fingerprint density at radius 1 is 1.16 bits per heavy atom. The van der Waals surface area contributed by atoms with Gasteiger partial charge in [-0.25, -0.2) is 13.8 Å². The number of thiophene rings is 1. The van der Waals surface area contributed by atoms with Gasteiger partial charge < -0.3 is 30.7 Å². The van der Waals surface area contributed by atoms with Gasteiger partial charge in [0.05, 0.1) is 40.6 Å². The molecule has 1 fully saturated rings. The summed E-state index contributed by atoms with van der Waals surface area (Å²) >= 11 is 7.71. The van der Waals surface area contributed by atoms with E-state index in [4.69, 9.17) is 37.5 Å². The number of nitrogen functional groups attached to an aromatic ring is 2. The van der Waals surface area contributed by atoms with E-state index in [2.05, 4.69) is 15.0 Å². The van der Waals surface area contributed by atoms with E-state index in [0.717, 1.165) is 11.3 Å².